The van der Waals surface area contributed by atoms with Gasteiger partial charge in [-0.25, -0.2) is 0 Å². The summed E-state index contributed by atoms with van der Waals surface area (Å²) in [5.41, 5.74) is 0. The van der Waals surface area contributed by atoms with Gasteiger partial charge in [-0.15, -0.1) is 11.8 Å². The zero-order valence-corrected chi connectivity index (χ0v) is 12.7. The molecule has 0 bridgehead atoms. The molecule has 3 unspecified atom stereocenters. The van der Waals surface area contributed by atoms with Gasteiger partial charge < -0.3 is 20.1 Å². The van der Waals surface area contributed by atoms with Crippen LogP contribution in [0.15, 0.2) is 0 Å². The van der Waals surface area contributed by atoms with Crippen LogP contribution in [0.2, 0.25) is 0 Å². The van der Waals surface area contributed by atoms with Crippen LogP contribution in [-0.4, -0.2) is 64.9 Å². The monoisotopic (exact) mass is 302 g/mol. The van der Waals surface area contributed by atoms with Gasteiger partial charge in [0.15, 0.2) is 0 Å². The molecule has 2 saturated heterocycles. The topological polar surface area (TPSA) is 78.9 Å². The van der Waals surface area contributed by atoms with E-state index in [0.29, 0.717) is 25.2 Å². The molecule has 2 fully saturated rings. The molecule has 2 aliphatic heterocycles. The van der Waals surface area contributed by atoms with E-state index in [-0.39, 0.29) is 29.3 Å². The Balaban J connectivity index is 2.00. The van der Waals surface area contributed by atoms with Gasteiger partial charge in [-0.1, -0.05) is 0 Å². The third-order valence-corrected chi connectivity index (χ3v) is 5.44. The highest BCUT2D eigenvalue weighted by Crippen LogP contribution is 2.47. The molecule has 0 spiro atoms. The normalized spacial score (nSPS) is 30.4. The molecule has 0 aliphatic carbocycles. The number of rotatable bonds is 6. The molecule has 2 rings (SSSR count). The second-order valence-electron chi connectivity index (χ2n) is 5.44. The van der Waals surface area contributed by atoms with Crippen LogP contribution in [0.4, 0.5) is 0 Å². The molecule has 0 aromatic heterocycles. The maximum Gasteiger partial charge on any atom is 0.244 e. The Labute approximate surface area is 123 Å². The number of hydrogen-bond acceptors (Lipinski definition) is 5. The second-order valence-corrected chi connectivity index (χ2v) is 6.94. The number of carbonyl (C=O) groups excluding carboxylic acids is 2. The van der Waals surface area contributed by atoms with E-state index in [1.54, 1.807) is 23.8 Å². The molecule has 6 nitrogen and oxygen atoms in total. The molecule has 0 aromatic rings. The highest BCUT2D eigenvalue weighted by molar-refractivity contribution is 8.01. The van der Waals surface area contributed by atoms with E-state index < -0.39 is 6.04 Å². The summed E-state index contributed by atoms with van der Waals surface area (Å²) in [5, 5.41) is 11.9. The number of amides is 2. The van der Waals surface area contributed by atoms with E-state index in [2.05, 4.69) is 5.32 Å². The standard InChI is InChI=1S/C13H22N2O4S/c1-13-5-3-11(17)15(13)10(8-20-13)12(18)14-9(4-6-16)7-19-2/h9-10,16H,3-8H2,1-2H3,(H,14,18). The Morgan fingerprint density at radius 1 is 1.70 bits per heavy atom. The lowest BCUT2D eigenvalue weighted by Gasteiger charge is -2.30. The molecule has 20 heavy (non-hydrogen) atoms. The number of ether oxygens (including phenoxy) is 1. The fourth-order valence-corrected chi connectivity index (χ4v) is 4.30. The zero-order valence-electron chi connectivity index (χ0n) is 11.9. The van der Waals surface area contributed by atoms with Crippen molar-refractivity contribution >= 4 is 23.6 Å². The molecular weight excluding hydrogens is 280 g/mol. The molecule has 2 heterocycles. The minimum absolute atomic E-state index is 0.00587. The number of aliphatic hydroxyl groups is 1. The summed E-state index contributed by atoms with van der Waals surface area (Å²) < 4.78 is 5.04. The Kier molecular flexibility index (Phi) is 4.93. The van der Waals surface area contributed by atoms with Crippen molar-refractivity contribution in [3.05, 3.63) is 0 Å². The summed E-state index contributed by atoms with van der Waals surface area (Å²) >= 11 is 1.67. The Hall–Kier alpha value is -0.790. The van der Waals surface area contributed by atoms with Crippen molar-refractivity contribution in [1.29, 1.82) is 0 Å². The average Bonchev–Trinajstić information content (AvgIpc) is 2.88. The van der Waals surface area contributed by atoms with Gasteiger partial charge in [-0.2, -0.15) is 0 Å². The van der Waals surface area contributed by atoms with Crippen LogP contribution < -0.4 is 5.32 Å². The highest BCUT2D eigenvalue weighted by atomic mass is 32.2. The van der Waals surface area contributed by atoms with Gasteiger partial charge in [-0.3, -0.25) is 9.59 Å². The van der Waals surface area contributed by atoms with E-state index in [1.165, 1.54) is 0 Å². The molecule has 3 atom stereocenters. The lowest BCUT2D eigenvalue weighted by atomic mass is 10.1. The number of hydrogen-bond donors (Lipinski definition) is 2. The molecule has 2 N–H and O–H groups in total. The highest BCUT2D eigenvalue weighted by Gasteiger charge is 2.52. The first-order valence-corrected chi connectivity index (χ1v) is 7.86. The maximum absolute atomic E-state index is 12.4. The number of methoxy groups -OCH3 is 1. The van der Waals surface area contributed by atoms with Gasteiger partial charge in [0.25, 0.3) is 0 Å². The van der Waals surface area contributed by atoms with Crippen LogP contribution in [-0.2, 0) is 14.3 Å². The van der Waals surface area contributed by atoms with Gasteiger partial charge in [-0.05, 0) is 19.8 Å². The Morgan fingerprint density at radius 2 is 2.45 bits per heavy atom. The first-order chi connectivity index (χ1) is 9.51. The minimum atomic E-state index is -0.405. The van der Waals surface area contributed by atoms with Crippen molar-refractivity contribution in [3.63, 3.8) is 0 Å². The number of aliphatic hydroxyl groups excluding tert-OH is 1. The number of nitrogens with one attached hydrogen (secondary N) is 1. The quantitative estimate of drug-likeness (QED) is 0.719. The second kappa shape index (κ2) is 6.32. The predicted molar refractivity (Wildman–Crippen MR) is 76.2 cm³/mol. The molecule has 114 valence electrons. The largest absolute Gasteiger partial charge is 0.396 e. The lowest BCUT2D eigenvalue weighted by molar-refractivity contribution is -0.138. The number of fused-ring (bicyclic) bond motifs is 1. The van der Waals surface area contributed by atoms with E-state index >= 15 is 0 Å². The summed E-state index contributed by atoms with van der Waals surface area (Å²) in [6, 6.07) is -0.620. The van der Waals surface area contributed by atoms with Crippen LogP contribution in [0.25, 0.3) is 0 Å². The van der Waals surface area contributed by atoms with Gasteiger partial charge in [0.05, 0.1) is 17.5 Å². The third-order valence-electron chi connectivity index (χ3n) is 3.94. The maximum atomic E-state index is 12.4. The molecule has 2 amide bonds. The molecule has 0 saturated carbocycles. The Morgan fingerprint density at radius 3 is 3.10 bits per heavy atom. The average molecular weight is 302 g/mol. The van der Waals surface area contributed by atoms with E-state index in [9.17, 15) is 9.59 Å². The van der Waals surface area contributed by atoms with Crippen molar-refractivity contribution in [2.24, 2.45) is 0 Å². The summed E-state index contributed by atoms with van der Waals surface area (Å²) in [4.78, 5) is 25.9. The van der Waals surface area contributed by atoms with Gasteiger partial charge in [0.1, 0.15) is 6.04 Å². The van der Waals surface area contributed by atoms with Crippen LogP contribution in [0.5, 0.6) is 0 Å². The van der Waals surface area contributed by atoms with Gasteiger partial charge >= 0.3 is 0 Å². The van der Waals surface area contributed by atoms with Crippen molar-refractivity contribution < 1.29 is 19.4 Å². The first-order valence-electron chi connectivity index (χ1n) is 6.88. The summed E-state index contributed by atoms with van der Waals surface area (Å²) in [7, 11) is 1.56. The van der Waals surface area contributed by atoms with Crippen LogP contribution >= 0.6 is 11.8 Å². The van der Waals surface area contributed by atoms with Crippen molar-refractivity contribution in [3.8, 4) is 0 Å². The summed E-state index contributed by atoms with van der Waals surface area (Å²) in [6.45, 7) is 2.38. The zero-order chi connectivity index (χ0) is 14.8. The minimum Gasteiger partial charge on any atom is -0.396 e. The SMILES string of the molecule is COCC(CCO)NC(=O)C1CSC2(C)CCC(=O)N12. The summed E-state index contributed by atoms with van der Waals surface area (Å²) in [5.74, 6) is 0.544. The molecule has 2 aliphatic rings. The van der Waals surface area contributed by atoms with Gasteiger partial charge in [0.2, 0.25) is 11.8 Å². The van der Waals surface area contributed by atoms with Crippen LogP contribution in [0, 0.1) is 0 Å². The number of nitrogens with zero attached hydrogens (tertiary/aromatic N) is 1. The van der Waals surface area contributed by atoms with Crippen molar-refractivity contribution in [1.82, 2.24) is 10.2 Å². The van der Waals surface area contributed by atoms with E-state index in [1.807, 2.05) is 6.92 Å². The van der Waals surface area contributed by atoms with Gasteiger partial charge in [0, 0.05) is 25.9 Å². The lowest BCUT2D eigenvalue weighted by Crippen LogP contribution is -2.53. The van der Waals surface area contributed by atoms with E-state index in [0.717, 1.165) is 6.42 Å². The summed E-state index contributed by atoms with van der Waals surface area (Å²) in [6.07, 6.45) is 1.77. The first kappa shape index (κ1) is 15.6. The molecule has 7 heteroatoms. The fourth-order valence-electron chi connectivity index (χ4n) is 2.87. The van der Waals surface area contributed by atoms with Crippen molar-refractivity contribution in [2.75, 3.05) is 26.1 Å². The Bertz CT molecular complexity index is 387. The smallest absolute Gasteiger partial charge is 0.244 e. The molecular formula is C13H22N2O4S. The predicted octanol–water partition coefficient (Wildman–Crippen LogP) is -0.0460. The van der Waals surface area contributed by atoms with Crippen LogP contribution in [0.3, 0.4) is 0 Å². The van der Waals surface area contributed by atoms with Crippen LogP contribution in [0.1, 0.15) is 26.2 Å². The fraction of sp³-hybridized carbons (Fsp3) is 0.846. The molecule has 0 radical (unpaired) electrons. The number of thioether (sulfide) groups is 1. The molecule has 0 aromatic carbocycles. The number of carbonyl (C=O) groups is 2. The van der Waals surface area contributed by atoms with E-state index in [4.69, 9.17) is 9.84 Å². The third kappa shape index (κ3) is 2.94. The van der Waals surface area contributed by atoms with Crippen molar-refractivity contribution in [2.45, 2.75) is 43.1 Å².